The van der Waals surface area contributed by atoms with Crippen LogP contribution in [-0.2, 0) is 20.6 Å². The monoisotopic (exact) mass is 307 g/mol. The minimum Gasteiger partial charge on any atom is -0.325 e. The van der Waals surface area contributed by atoms with Gasteiger partial charge < -0.3 is 11.1 Å². The Hall–Kier alpha value is -1.15. The molecule has 1 amide bonds. The van der Waals surface area contributed by atoms with E-state index in [4.69, 9.17) is 10.9 Å². The average molecular weight is 308 g/mol. The molecule has 0 atom stereocenters. The third-order valence-corrected chi connectivity index (χ3v) is 2.90. The van der Waals surface area contributed by atoms with Gasteiger partial charge in [0.05, 0.1) is 11.3 Å². The number of anilines is 1. The zero-order valence-corrected chi connectivity index (χ0v) is 12.3. The molecule has 0 fully saturated rings. The van der Waals surface area contributed by atoms with Gasteiger partial charge in [-0.2, -0.15) is 0 Å². The van der Waals surface area contributed by atoms with Gasteiger partial charge in [0.2, 0.25) is 15.9 Å². The third kappa shape index (κ3) is 6.53. The highest BCUT2D eigenvalue weighted by atomic mass is 35.5. The van der Waals surface area contributed by atoms with Crippen molar-refractivity contribution in [2.75, 3.05) is 5.32 Å². The van der Waals surface area contributed by atoms with E-state index < -0.39 is 15.6 Å². The van der Waals surface area contributed by atoms with E-state index in [1.807, 2.05) is 0 Å². The molecule has 1 aromatic carbocycles. The van der Waals surface area contributed by atoms with Gasteiger partial charge in [-0.25, -0.2) is 13.6 Å². The van der Waals surface area contributed by atoms with Crippen LogP contribution in [0.4, 0.5) is 5.69 Å². The molecule has 0 saturated heterocycles. The normalized spacial score (nSPS) is 11.6. The molecule has 0 radical (unpaired) electrons. The summed E-state index contributed by atoms with van der Waals surface area (Å²) in [6, 6.07) is 6.38. The Bertz CT molecular complexity index is 535. The molecular weight excluding hydrogens is 290 g/mol. The van der Waals surface area contributed by atoms with Crippen LogP contribution in [0.25, 0.3) is 0 Å². The number of primary sulfonamides is 1. The van der Waals surface area contributed by atoms with Crippen LogP contribution in [0.3, 0.4) is 0 Å². The van der Waals surface area contributed by atoms with E-state index in [0.717, 1.165) is 0 Å². The first-order valence-electron chi connectivity index (χ1n) is 5.28. The summed E-state index contributed by atoms with van der Waals surface area (Å²) in [4.78, 5) is 11.6. The Morgan fingerprint density at radius 2 is 1.74 bits per heavy atom. The number of amides is 1. The quantitative estimate of drug-likeness (QED) is 0.754. The Morgan fingerprint density at radius 3 is 2.11 bits per heavy atom. The molecule has 0 aliphatic heterocycles. The number of carbonyl (C=O) groups is 1. The number of halogens is 1. The molecular formula is C11H18ClN3O3S. The summed E-state index contributed by atoms with van der Waals surface area (Å²) in [5.74, 6) is -0.550. The molecule has 0 aromatic heterocycles. The van der Waals surface area contributed by atoms with Crippen molar-refractivity contribution < 1.29 is 13.2 Å². The van der Waals surface area contributed by atoms with Gasteiger partial charge in [-0.3, -0.25) is 4.79 Å². The standard InChI is InChI=1S/C11H17N3O3S.ClH/c1-11(2,12)10(15)14-9-5-3-8(4-6-9)7-18(13,16)17;/h3-6H,7,12H2,1-2H3,(H,14,15)(H2,13,16,17);1H. The summed E-state index contributed by atoms with van der Waals surface area (Å²) >= 11 is 0. The first-order valence-corrected chi connectivity index (χ1v) is 6.99. The highest BCUT2D eigenvalue weighted by Gasteiger charge is 2.21. The van der Waals surface area contributed by atoms with Crippen molar-refractivity contribution in [2.45, 2.75) is 25.1 Å². The molecule has 8 heteroatoms. The minimum absolute atomic E-state index is 0. The number of hydrogen-bond acceptors (Lipinski definition) is 4. The van der Waals surface area contributed by atoms with E-state index >= 15 is 0 Å². The van der Waals surface area contributed by atoms with Gasteiger partial charge in [0, 0.05) is 5.69 Å². The van der Waals surface area contributed by atoms with Crippen molar-refractivity contribution in [1.29, 1.82) is 0 Å². The largest absolute Gasteiger partial charge is 0.325 e. The van der Waals surface area contributed by atoms with Crippen LogP contribution in [0, 0.1) is 0 Å². The third-order valence-electron chi connectivity index (χ3n) is 2.16. The van der Waals surface area contributed by atoms with Crippen LogP contribution in [0.2, 0.25) is 0 Å². The lowest BCUT2D eigenvalue weighted by Crippen LogP contribution is -2.45. The van der Waals surface area contributed by atoms with Crippen LogP contribution in [-0.4, -0.2) is 19.9 Å². The molecule has 1 rings (SSSR count). The maximum absolute atomic E-state index is 11.6. The Labute approximate surface area is 119 Å². The van der Waals surface area contributed by atoms with Gasteiger partial charge in [0.15, 0.2) is 0 Å². The molecule has 0 spiro atoms. The highest BCUT2D eigenvalue weighted by Crippen LogP contribution is 2.12. The molecule has 0 heterocycles. The second-order valence-corrected chi connectivity index (χ2v) is 6.29. The smallest absolute Gasteiger partial charge is 0.243 e. The summed E-state index contributed by atoms with van der Waals surface area (Å²) in [6.07, 6.45) is 0. The molecule has 1 aromatic rings. The first-order chi connectivity index (χ1) is 8.08. The molecule has 5 N–H and O–H groups in total. The number of hydrogen-bond donors (Lipinski definition) is 3. The SMILES string of the molecule is CC(C)(N)C(=O)Nc1ccc(CS(N)(=O)=O)cc1.Cl. The fraction of sp³-hybridized carbons (Fsp3) is 0.364. The topological polar surface area (TPSA) is 115 Å². The van der Waals surface area contributed by atoms with Crippen LogP contribution >= 0.6 is 12.4 Å². The van der Waals surface area contributed by atoms with Crippen molar-refractivity contribution >= 4 is 34.0 Å². The number of nitrogens with two attached hydrogens (primary N) is 2. The van der Waals surface area contributed by atoms with Crippen LogP contribution in [0.15, 0.2) is 24.3 Å². The zero-order chi connectivity index (χ0) is 14.0. The number of sulfonamides is 1. The second kappa shape index (κ2) is 6.33. The van der Waals surface area contributed by atoms with Crippen molar-refractivity contribution in [3.63, 3.8) is 0 Å². The number of benzene rings is 1. The molecule has 0 aliphatic rings. The van der Waals surface area contributed by atoms with E-state index in [9.17, 15) is 13.2 Å². The van der Waals surface area contributed by atoms with Gasteiger partial charge in [-0.15, -0.1) is 12.4 Å². The molecule has 19 heavy (non-hydrogen) atoms. The Balaban J connectivity index is 0.00000324. The summed E-state index contributed by atoms with van der Waals surface area (Å²) in [6.45, 7) is 3.19. The van der Waals surface area contributed by atoms with E-state index in [1.54, 1.807) is 38.1 Å². The lowest BCUT2D eigenvalue weighted by molar-refractivity contribution is -0.120. The van der Waals surface area contributed by atoms with Crippen molar-refractivity contribution in [2.24, 2.45) is 10.9 Å². The van der Waals surface area contributed by atoms with Crippen LogP contribution in [0.1, 0.15) is 19.4 Å². The maximum atomic E-state index is 11.6. The highest BCUT2D eigenvalue weighted by molar-refractivity contribution is 7.88. The maximum Gasteiger partial charge on any atom is 0.243 e. The number of carbonyl (C=O) groups excluding carboxylic acids is 1. The molecule has 0 saturated carbocycles. The molecule has 0 aliphatic carbocycles. The number of nitrogens with one attached hydrogen (secondary N) is 1. The second-order valence-electron chi connectivity index (χ2n) is 4.68. The fourth-order valence-electron chi connectivity index (χ4n) is 1.21. The molecule has 6 nitrogen and oxygen atoms in total. The number of rotatable bonds is 4. The Kier molecular flexibility index (Phi) is 5.95. The summed E-state index contributed by atoms with van der Waals surface area (Å²) in [5.41, 5.74) is 5.77. The summed E-state index contributed by atoms with van der Waals surface area (Å²) in [7, 11) is -3.54. The predicted octanol–water partition coefficient (Wildman–Crippen LogP) is 0.573. The van der Waals surface area contributed by atoms with Gasteiger partial charge in [-0.1, -0.05) is 12.1 Å². The predicted molar refractivity (Wildman–Crippen MR) is 77.4 cm³/mol. The van der Waals surface area contributed by atoms with E-state index in [0.29, 0.717) is 11.3 Å². The lowest BCUT2D eigenvalue weighted by atomic mass is 10.1. The van der Waals surface area contributed by atoms with E-state index in [2.05, 4.69) is 5.32 Å². The van der Waals surface area contributed by atoms with Crippen molar-refractivity contribution in [3.05, 3.63) is 29.8 Å². The van der Waals surface area contributed by atoms with E-state index in [-0.39, 0.29) is 24.1 Å². The van der Waals surface area contributed by atoms with Gasteiger partial charge in [-0.05, 0) is 31.5 Å². The van der Waals surface area contributed by atoms with E-state index in [1.165, 1.54) is 0 Å². The van der Waals surface area contributed by atoms with Crippen molar-refractivity contribution in [3.8, 4) is 0 Å². The molecule has 0 unspecified atom stereocenters. The van der Waals surface area contributed by atoms with Crippen LogP contribution in [0.5, 0.6) is 0 Å². The first kappa shape index (κ1) is 17.8. The van der Waals surface area contributed by atoms with Crippen molar-refractivity contribution in [1.82, 2.24) is 0 Å². The molecule has 0 bridgehead atoms. The van der Waals surface area contributed by atoms with Gasteiger partial charge in [0.25, 0.3) is 0 Å². The zero-order valence-electron chi connectivity index (χ0n) is 10.7. The summed E-state index contributed by atoms with van der Waals surface area (Å²) < 4.78 is 21.8. The average Bonchev–Trinajstić information content (AvgIpc) is 2.17. The van der Waals surface area contributed by atoms with Gasteiger partial charge in [0.1, 0.15) is 0 Å². The lowest BCUT2D eigenvalue weighted by Gasteiger charge is -2.17. The molecule has 108 valence electrons. The van der Waals surface area contributed by atoms with Crippen LogP contribution < -0.4 is 16.2 Å². The summed E-state index contributed by atoms with van der Waals surface area (Å²) in [5, 5.41) is 7.56. The minimum atomic E-state index is -3.54. The van der Waals surface area contributed by atoms with Gasteiger partial charge >= 0.3 is 0 Å². The Morgan fingerprint density at radius 1 is 1.26 bits per heavy atom. The fourth-order valence-corrected chi connectivity index (χ4v) is 1.87.